The van der Waals surface area contributed by atoms with E-state index in [0.717, 1.165) is 17.8 Å². The minimum absolute atomic E-state index is 0.273. The number of thiophene rings is 1. The van der Waals surface area contributed by atoms with Crippen molar-refractivity contribution in [1.82, 2.24) is 10.3 Å². The van der Waals surface area contributed by atoms with Crippen LogP contribution in [0.15, 0.2) is 42.0 Å². The predicted molar refractivity (Wildman–Crippen MR) is 74.4 cm³/mol. The second kappa shape index (κ2) is 6.64. The third-order valence-electron chi connectivity index (χ3n) is 2.85. The van der Waals surface area contributed by atoms with E-state index >= 15 is 0 Å². The standard InChI is InChI=1S/C14H18N2OS/c1-11(9-13(17)14-3-2-8-18-14)16-10-12-4-6-15-7-5-12/h2-8,11,13,16-17H,9-10H2,1H3/t11-,13+/m1/s1. The average molecular weight is 262 g/mol. The molecule has 0 aliphatic carbocycles. The molecule has 0 saturated carbocycles. The van der Waals surface area contributed by atoms with Gasteiger partial charge in [-0.3, -0.25) is 4.98 Å². The van der Waals surface area contributed by atoms with Crippen molar-refractivity contribution in [2.24, 2.45) is 0 Å². The summed E-state index contributed by atoms with van der Waals surface area (Å²) >= 11 is 1.60. The van der Waals surface area contributed by atoms with Gasteiger partial charge in [-0.1, -0.05) is 6.07 Å². The van der Waals surface area contributed by atoms with Crippen LogP contribution >= 0.6 is 11.3 Å². The highest BCUT2D eigenvalue weighted by molar-refractivity contribution is 7.10. The smallest absolute Gasteiger partial charge is 0.0896 e. The van der Waals surface area contributed by atoms with Crippen LogP contribution in [-0.4, -0.2) is 16.1 Å². The quantitative estimate of drug-likeness (QED) is 0.841. The molecule has 0 amide bonds. The van der Waals surface area contributed by atoms with Gasteiger partial charge in [0.05, 0.1) is 6.10 Å². The van der Waals surface area contributed by atoms with Crippen LogP contribution in [0.4, 0.5) is 0 Å². The van der Waals surface area contributed by atoms with E-state index in [1.54, 1.807) is 23.7 Å². The van der Waals surface area contributed by atoms with Gasteiger partial charge in [-0.05, 0) is 42.5 Å². The maximum atomic E-state index is 10.0. The Morgan fingerprint density at radius 2 is 2.11 bits per heavy atom. The van der Waals surface area contributed by atoms with Crippen LogP contribution in [-0.2, 0) is 6.54 Å². The molecule has 0 unspecified atom stereocenters. The molecule has 2 N–H and O–H groups in total. The lowest BCUT2D eigenvalue weighted by Gasteiger charge is -2.17. The number of rotatable bonds is 6. The Morgan fingerprint density at radius 1 is 1.33 bits per heavy atom. The van der Waals surface area contributed by atoms with E-state index in [1.165, 1.54) is 5.56 Å². The zero-order valence-electron chi connectivity index (χ0n) is 10.4. The molecule has 2 atom stereocenters. The number of aliphatic hydroxyl groups is 1. The van der Waals surface area contributed by atoms with Crippen molar-refractivity contribution in [1.29, 1.82) is 0 Å². The van der Waals surface area contributed by atoms with E-state index in [-0.39, 0.29) is 12.1 Å². The van der Waals surface area contributed by atoms with Gasteiger partial charge in [-0.15, -0.1) is 11.3 Å². The first-order chi connectivity index (χ1) is 8.75. The fraction of sp³-hybridized carbons (Fsp3) is 0.357. The van der Waals surface area contributed by atoms with Crippen LogP contribution in [0.1, 0.15) is 29.9 Å². The summed E-state index contributed by atoms with van der Waals surface area (Å²) < 4.78 is 0. The highest BCUT2D eigenvalue weighted by Gasteiger charge is 2.12. The van der Waals surface area contributed by atoms with E-state index in [1.807, 2.05) is 29.6 Å². The van der Waals surface area contributed by atoms with Crippen molar-refractivity contribution in [3.05, 3.63) is 52.5 Å². The fourth-order valence-electron chi connectivity index (χ4n) is 1.81. The Hall–Kier alpha value is -1.23. The van der Waals surface area contributed by atoms with Crippen LogP contribution in [0.2, 0.25) is 0 Å². The molecule has 96 valence electrons. The summed E-state index contributed by atoms with van der Waals surface area (Å²) in [5.41, 5.74) is 1.21. The first-order valence-electron chi connectivity index (χ1n) is 6.09. The van der Waals surface area contributed by atoms with Crippen LogP contribution in [0.25, 0.3) is 0 Å². The van der Waals surface area contributed by atoms with Gasteiger partial charge in [-0.2, -0.15) is 0 Å². The number of nitrogens with zero attached hydrogens (tertiary/aromatic N) is 1. The molecule has 0 saturated heterocycles. The summed E-state index contributed by atoms with van der Waals surface area (Å²) in [6, 6.07) is 8.21. The summed E-state index contributed by atoms with van der Waals surface area (Å²) in [6.07, 6.45) is 3.94. The maximum Gasteiger partial charge on any atom is 0.0896 e. The normalized spacial score (nSPS) is 14.3. The Bertz CT molecular complexity index is 444. The highest BCUT2D eigenvalue weighted by Crippen LogP contribution is 2.22. The average Bonchev–Trinajstić information content (AvgIpc) is 2.91. The summed E-state index contributed by atoms with van der Waals surface area (Å²) in [5.74, 6) is 0. The third kappa shape index (κ3) is 3.91. The van der Waals surface area contributed by atoms with Crippen molar-refractivity contribution < 1.29 is 5.11 Å². The molecule has 0 bridgehead atoms. The van der Waals surface area contributed by atoms with Crippen LogP contribution < -0.4 is 5.32 Å². The molecule has 0 spiro atoms. The lowest BCUT2D eigenvalue weighted by Crippen LogP contribution is -2.27. The fourth-order valence-corrected chi connectivity index (χ4v) is 2.53. The second-order valence-electron chi connectivity index (χ2n) is 4.40. The molecule has 0 aliphatic heterocycles. The third-order valence-corrected chi connectivity index (χ3v) is 3.83. The topological polar surface area (TPSA) is 45.1 Å². The van der Waals surface area contributed by atoms with Gasteiger partial charge in [0.25, 0.3) is 0 Å². The van der Waals surface area contributed by atoms with Gasteiger partial charge in [-0.25, -0.2) is 0 Å². The van der Waals surface area contributed by atoms with Crippen LogP contribution in [0, 0.1) is 0 Å². The highest BCUT2D eigenvalue weighted by atomic mass is 32.1. The lowest BCUT2D eigenvalue weighted by molar-refractivity contribution is 0.157. The predicted octanol–water partition coefficient (Wildman–Crippen LogP) is 2.74. The molecule has 0 fully saturated rings. The van der Waals surface area contributed by atoms with E-state index in [9.17, 15) is 5.11 Å². The lowest BCUT2D eigenvalue weighted by atomic mass is 10.1. The largest absolute Gasteiger partial charge is 0.388 e. The molecule has 3 nitrogen and oxygen atoms in total. The maximum absolute atomic E-state index is 10.0. The number of aromatic nitrogens is 1. The number of hydrogen-bond acceptors (Lipinski definition) is 4. The molecule has 2 heterocycles. The van der Waals surface area contributed by atoms with Crippen molar-refractivity contribution >= 4 is 11.3 Å². The number of hydrogen-bond donors (Lipinski definition) is 2. The monoisotopic (exact) mass is 262 g/mol. The van der Waals surface area contributed by atoms with Gasteiger partial charge < -0.3 is 10.4 Å². The molecule has 0 aliphatic rings. The van der Waals surface area contributed by atoms with Gasteiger partial charge >= 0.3 is 0 Å². The minimum Gasteiger partial charge on any atom is -0.388 e. The minimum atomic E-state index is -0.370. The molecule has 0 radical (unpaired) electrons. The van der Waals surface area contributed by atoms with Gasteiger partial charge in [0, 0.05) is 29.9 Å². The summed E-state index contributed by atoms with van der Waals surface area (Å²) in [7, 11) is 0. The molecule has 4 heteroatoms. The Kier molecular flexibility index (Phi) is 4.87. The number of pyridine rings is 1. The first-order valence-corrected chi connectivity index (χ1v) is 6.97. The summed E-state index contributed by atoms with van der Waals surface area (Å²) in [4.78, 5) is 5.02. The second-order valence-corrected chi connectivity index (χ2v) is 5.38. The van der Waals surface area contributed by atoms with E-state index in [2.05, 4.69) is 17.2 Å². The van der Waals surface area contributed by atoms with E-state index in [0.29, 0.717) is 0 Å². The van der Waals surface area contributed by atoms with Crippen LogP contribution in [0.3, 0.4) is 0 Å². The van der Waals surface area contributed by atoms with Gasteiger partial charge in [0.15, 0.2) is 0 Å². The Morgan fingerprint density at radius 3 is 2.78 bits per heavy atom. The molecule has 2 aromatic rings. The van der Waals surface area contributed by atoms with Crippen molar-refractivity contribution in [2.45, 2.75) is 32.0 Å². The summed E-state index contributed by atoms with van der Waals surface area (Å²) in [5, 5.41) is 15.4. The molecule has 18 heavy (non-hydrogen) atoms. The number of aliphatic hydroxyl groups excluding tert-OH is 1. The molecule has 2 aromatic heterocycles. The molecular weight excluding hydrogens is 244 g/mol. The van der Waals surface area contributed by atoms with E-state index in [4.69, 9.17) is 0 Å². The Labute approximate surface area is 112 Å². The SMILES string of the molecule is C[C@H](C[C@H](O)c1cccs1)NCc1ccncc1. The van der Waals surface area contributed by atoms with Crippen molar-refractivity contribution in [2.75, 3.05) is 0 Å². The van der Waals surface area contributed by atoms with Gasteiger partial charge in [0.1, 0.15) is 0 Å². The number of nitrogens with one attached hydrogen (secondary N) is 1. The van der Waals surface area contributed by atoms with Crippen molar-refractivity contribution in [3.63, 3.8) is 0 Å². The summed E-state index contributed by atoms with van der Waals surface area (Å²) in [6.45, 7) is 2.90. The first kappa shape index (κ1) is 13.2. The van der Waals surface area contributed by atoms with Crippen LogP contribution in [0.5, 0.6) is 0 Å². The molecular formula is C14H18N2OS. The zero-order chi connectivity index (χ0) is 12.8. The van der Waals surface area contributed by atoms with Crippen molar-refractivity contribution in [3.8, 4) is 0 Å². The van der Waals surface area contributed by atoms with E-state index < -0.39 is 0 Å². The molecule has 2 rings (SSSR count). The Balaban J connectivity index is 1.77. The van der Waals surface area contributed by atoms with Gasteiger partial charge in [0.2, 0.25) is 0 Å². The zero-order valence-corrected chi connectivity index (χ0v) is 11.2. The molecule has 0 aromatic carbocycles.